The Hall–Kier alpha value is -2.74. The van der Waals surface area contributed by atoms with Gasteiger partial charge in [-0.1, -0.05) is 37.3 Å². The summed E-state index contributed by atoms with van der Waals surface area (Å²) in [5.41, 5.74) is 3.70. The van der Waals surface area contributed by atoms with Crippen LogP contribution < -0.4 is 0 Å². The van der Waals surface area contributed by atoms with Crippen LogP contribution in [-0.4, -0.2) is 56.7 Å². The Balaban J connectivity index is 1.21. The molecule has 2 N–H and O–H groups in total. The fraction of sp³-hybridized carbons (Fsp3) is 0.562. The first-order valence-corrected chi connectivity index (χ1v) is 14.5. The molecule has 1 saturated carbocycles. The molecule has 0 bridgehead atoms. The Morgan fingerprint density at radius 2 is 1.67 bits per heavy atom. The summed E-state index contributed by atoms with van der Waals surface area (Å²) in [6.45, 7) is 8.31. The van der Waals surface area contributed by atoms with Crippen LogP contribution in [0.2, 0.25) is 0 Å². The number of imide groups is 1. The van der Waals surface area contributed by atoms with Crippen LogP contribution in [-0.2, 0) is 20.9 Å². The number of rotatable bonds is 5. The van der Waals surface area contributed by atoms with Crippen molar-refractivity contribution in [3.63, 3.8) is 0 Å². The summed E-state index contributed by atoms with van der Waals surface area (Å²) in [5, 5.41) is 22.2. The molecule has 6 rings (SSSR count). The van der Waals surface area contributed by atoms with Crippen molar-refractivity contribution < 1.29 is 24.5 Å². The van der Waals surface area contributed by atoms with Gasteiger partial charge in [0.15, 0.2) is 5.79 Å². The molecule has 0 radical (unpaired) electrons. The predicted molar refractivity (Wildman–Crippen MR) is 146 cm³/mol. The number of carbonyl (C=O) groups excluding carboxylic acids is 2. The summed E-state index contributed by atoms with van der Waals surface area (Å²) in [5.74, 6) is -2.92. The van der Waals surface area contributed by atoms with Crippen LogP contribution in [0.3, 0.4) is 0 Å². The lowest BCUT2D eigenvalue weighted by Crippen LogP contribution is -2.53. The molecule has 3 aliphatic heterocycles. The minimum absolute atomic E-state index is 0.0493. The van der Waals surface area contributed by atoms with Gasteiger partial charge >= 0.3 is 0 Å². The zero-order chi connectivity index (χ0) is 27.5. The number of nitrogens with zero attached hydrogens (tertiary/aromatic N) is 2. The molecule has 2 aromatic carbocycles. The fourth-order valence-corrected chi connectivity index (χ4v) is 7.89. The average molecular weight is 533 g/mol. The van der Waals surface area contributed by atoms with Crippen molar-refractivity contribution in [1.82, 2.24) is 9.80 Å². The van der Waals surface area contributed by atoms with Gasteiger partial charge in [0.05, 0.1) is 17.9 Å². The first-order valence-electron chi connectivity index (χ1n) is 14.5. The smallest absolute Gasteiger partial charge is 0.233 e. The molecule has 3 heterocycles. The number of fused-ring (bicyclic) bond motifs is 3. The van der Waals surface area contributed by atoms with Gasteiger partial charge in [-0.05, 0) is 80.3 Å². The third-order valence-corrected chi connectivity index (χ3v) is 9.95. The second-order valence-electron chi connectivity index (χ2n) is 12.2. The number of aliphatic hydroxyl groups is 1. The normalized spacial score (nSPS) is 33.4. The second-order valence-corrected chi connectivity index (χ2v) is 12.2. The number of piperidine rings is 1. The number of amides is 2. The first-order chi connectivity index (χ1) is 18.7. The molecule has 4 fully saturated rings. The van der Waals surface area contributed by atoms with E-state index in [-0.39, 0.29) is 41.5 Å². The van der Waals surface area contributed by atoms with E-state index in [0.717, 1.165) is 49.2 Å². The number of aryl methyl sites for hydroxylation is 2. The van der Waals surface area contributed by atoms with E-state index in [0.29, 0.717) is 19.3 Å². The minimum Gasteiger partial charge on any atom is -0.507 e. The van der Waals surface area contributed by atoms with E-state index in [1.807, 2.05) is 39.0 Å². The number of likely N-dealkylation sites (tertiary alicyclic amines) is 2. The van der Waals surface area contributed by atoms with E-state index < -0.39 is 17.6 Å². The molecule has 6 atom stereocenters. The van der Waals surface area contributed by atoms with Crippen LogP contribution in [0.1, 0.15) is 67.4 Å². The highest BCUT2D eigenvalue weighted by Crippen LogP contribution is 2.59. The number of phenolic OH excluding ortho intramolecular Hbond substituents is 1. The van der Waals surface area contributed by atoms with Gasteiger partial charge in [0.25, 0.3) is 0 Å². The van der Waals surface area contributed by atoms with Crippen molar-refractivity contribution in [2.75, 3.05) is 13.1 Å². The van der Waals surface area contributed by atoms with Crippen LogP contribution in [0.5, 0.6) is 5.75 Å². The van der Waals surface area contributed by atoms with Crippen LogP contribution in [0.15, 0.2) is 42.5 Å². The minimum atomic E-state index is -1.44. The Morgan fingerprint density at radius 1 is 1.00 bits per heavy atom. The summed E-state index contributed by atoms with van der Waals surface area (Å²) in [4.78, 5) is 31.8. The molecule has 4 aliphatic rings. The molecule has 2 amide bonds. The fourth-order valence-electron chi connectivity index (χ4n) is 7.89. The van der Waals surface area contributed by atoms with Gasteiger partial charge in [-0.25, -0.2) is 0 Å². The lowest BCUT2D eigenvalue weighted by molar-refractivity contribution is -0.269. The van der Waals surface area contributed by atoms with Gasteiger partial charge in [-0.15, -0.1) is 0 Å². The summed E-state index contributed by atoms with van der Waals surface area (Å²) < 4.78 is 6.42. The molecule has 0 unspecified atom stereocenters. The van der Waals surface area contributed by atoms with E-state index in [2.05, 4.69) is 29.2 Å². The molecular weight excluding hydrogens is 492 g/mol. The summed E-state index contributed by atoms with van der Waals surface area (Å²) >= 11 is 0. The quantitative estimate of drug-likeness (QED) is 0.553. The Morgan fingerprint density at radius 3 is 2.31 bits per heavy atom. The van der Waals surface area contributed by atoms with Crippen molar-refractivity contribution in [3.05, 3.63) is 64.7 Å². The van der Waals surface area contributed by atoms with Gasteiger partial charge < -0.3 is 14.9 Å². The van der Waals surface area contributed by atoms with E-state index in [1.54, 1.807) is 4.90 Å². The number of hydrogen-bond donors (Lipinski definition) is 2. The Kier molecular flexibility index (Phi) is 6.81. The number of phenols is 1. The van der Waals surface area contributed by atoms with Crippen molar-refractivity contribution >= 4 is 11.8 Å². The van der Waals surface area contributed by atoms with Gasteiger partial charge in [0.2, 0.25) is 11.8 Å². The van der Waals surface area contributed by atoms with E-state index >= 15 is 0 Å². The third kappa shape index (κ3) is 4.39. The maximum Gasteiger partial charge on any atom is 0.233 e. The van der Waals surface area contributed by atoms with Gasteiger partial charge in [0.1, 0.15) is 5.75 Å². The van der Waals surface area contributed by atoms with E-state index in [4.69, 9.17) is 4.74 Å². The molecule has 208 valence electrons. The molecule has 7 heteroatoms. The highest BCUT2D eigenvalue weighted by atomic mass is 16.6. The molecule has 7 nitrogen and oxygen atoms in total. The molecule has 2 aromatic rings. The standard InChI is InChI=1S/C32H40N2O5/c1-4-23-16-25-28(26-17-27(39-32(23,26)38)22-14-19(2)29(35)20(3)15-22)31(37)34(30(25)36)24-10-12-33(13-11-24)18-21-8-6-5-7-9-21/h5-9,14-15,23-28,35,38H,4,10-13,16-18H2,1-3H3/t23-,25-,26-,27-,28-,32+/m0/s1. The van der Waals surface area contributed by atoms with E-state index in [9.17, 15) is 19.8 Å². The number of ether oxygens (including phenoxy) is 1. The maximum atomic E-state index is 14.0. The molecule has 39 heavy (non-hydrogen) atoms. The first kappa shape index (κ1) is 26.5. The molecular formula is C32H40N2O5. The maximum absolute atomic E-state index is 14.0. The summed E-state index contributed by atoms with van der Waals surface area (Å²) in [6, 6.07) is 14.1. The number of hydrogen-bond acceptors (Lipinski definition) is 6. The lowest BCUT2D eigenvalue weighted by Gasteiger charge is -2.44. The van der Waals surface area contributed by atoms with Crippen LogP contribution in [0.25, 0.3) is 0 Å². The molecule has 1 aliphatic carbocycles. The molecule has 0 aromatic heterocycles. The summed E-state index contributed by atoms with van der Waals surface area (Å²) in [6.07, 6.45) is 2.81. The van der Waals surface area contributed by atoms with Crippen molar-refractivity contribution in [2.24, 2.45) is 23.7 Å². The Labute approximate surface area is 230 Å². The zero-order valence-electron chi connectivity index (χ0n) is 23.2. The predicted octanol–water partition coefficient (Wildman–Crippen LogP) is 4.47. The largest absolute Gasteiger partial charge is 0.507 e. The molecule has 3 saturated heterocycles. The molecule has 0 spiro atoms. The topological polar surface area (TPSA) is 90.3 Å². The SMILES string of the molecule is CC[C@H]1C[C@@H]2C(=O)N(C3CCN(Cc4ccccc4)CC3)C(=O)[C@@H]2[C@@H]2C[C@@H](c3cc(C)c(O)c(C)c3)O[C@]12O. The number of carbonyl (C=O) groups is 2. The Bertz CT molecular complexity index is 1230. The number of benzene rings is 2. The van der Waals surface area contributed by atoms with Crippen molar-refractivity contribution in [3.8, 4) is 5.75 Å². The third-order valence-electron chi connectivity index (χ3n) is 9.95. The van der Waals surface area contributed by atoms with Crippen LogP contribution in [0.4, 0.5) is 0 Å². The average Bonchev–Trinajstić information content (AvgIpc) is 3.41. The van der Waals surface area contributed by atoms with Crippen LogP contribution in [0, 0.1) is 37.5 Å². The number of aromatic hydroxyl groups is 1. The highest BCUT2D eigenvalue weighted by Gasteiger charge is 2.66. The van der Waals surface area contributed by atoms with Gasteiger partial charge in [-0.2, -0.15) is 0 Å². The van der Waals surface area contributed by atoms with E-state index in [1.165, 1.54) is 5.56 Å². The lowest BCUT2D eigenvalue weighted by atomic mass is 9.64. The second kappa shape index (κ2) is 10.0. The van der Waals surface area contributed by atoms with Crippen LogP contribution >= 0.6 is 0 Å². The van der Waals surface area contributed by atoms with Crippen molar-refractivity contribution in [1.29, 1.82) is 0 Å². The summed E-state index contributed by atoms with van der Waals surface area (Å²) in [7, 11) is 0. The monoisotopic (exact) mass is 532 g/mol. The highest BCUT2D eigenvalue weighted by molar-refractivity contribution is 6.05. The van der Waals surface area contributed by atoms with Gasteiger partial charge in [-0.3, -0.25) is 19.4 Å². The zero-order valence-corrected chi connectivity index (χ0v) is 23.2. The van der Waals surface area contributed by atoms with Gasteiger partial charge in [0, 0.05) is 37.5 Å². The van der Waals surface area contributed by atoms with Crippen molar-refractivity contribution in [2.45, 2.75) is 77.4 Å².